The van der Waals surface area contributed by atoms with E-state index in [2.05, 4.69) is 25.5 Å². The molecule has 142 valence electrons. The van der Waals surface area contributed by atoms with Gasteiger partial charge in [-0.2, -0.15) is 0 Å². The Morgan fingerprint density at radius 2 is 2.00 bits per heavy atom. The normalized spacial score (nSPS) is 21.4. The molecule has 1 fully saturated rings. The van der Waals surface area contributed by atoms with E-state index < -0.39 is 0 Å². The number of amides is 2. The van der Waals surface area contributed by atoms with Crippen molar-refractivity contribution < 1.29 is 14.3 Å². The molecule has 2 atom stereocenters. The predicted octanol–water partition coefficient (Wildman–Crippen LogP) is 1.58. The number of anilines is 1. The molecular weight excluding hydrogens is 346 g/mol. The van der Waals surface area contributed by atoms with Gasteiger partial charge in [-0.15, -0.1) is 0 Å². The molecule has 2 N–H and O–H groups in total. The Kier molecular flexibility index (Phi) is 5.22. The highest BCUT2D eigenvalue weighted by atomic mass is 16.6. The summed E-state index contributed by atoms with van der Waals surface area (Å²) < 4.78 is 11.5. The van der Waals surface area contributed by atoms with Gasteiger partial charge >= 0.3 is 6.03 Å². The number of urea groups is 1. The van der Waals surface area contributed by atoms with E-state index in [0.29, 0.717) is 31.4 Å². The van der Waals surface area contributed by atoms with E-state index in [0.717, 1.165) is 25.1 Å². The van der Waals surface area contributed by atoms with Crippen molar-refractivity contribution in [3.05, 3.63) is 42.7 Å². The molecule has 8 heteroatoms. The summed E-state index contributed by atoms with van der Waals surface area (Å²) in [5.41, 5.74) is 0. The van der Waals surface area contributed by atoms with Gasteiger partial charge in [0.15, 0.2) is 17.6 Å². The van der Waals surface area contributed by atoms with Gasteiger partial charge in [-0.1, -0.05) is 12.1 Å². The van der Waals surface area contributed by atoms with Crippen molar-refractivity contribution >= 4 is 12.0 Å². The first-order valence-electron chi connectivity index (χ1n) is 9.23. The molecule has 3 heterocycles. The molecule has 0 aliphatic carbocycles. The maximum absolute atomic E-state index is 12.3. The van der Waals surface area contributed by atoms with Crippen LogP contribution in [0.15, 0.2) is 42.7 Å². The van der Waals surface area contributed by atoms with Crippen LogP contribution in [0.25, 0.3) is 0 Å². The first kappa shape index (κ1) is 17.4. The van der Waals surface area contributed by atoms with Crippen LogP contribution in [0.2, 0.25) is 0 Å². The number of hydrogen-bond acceptors (Lipinski definition) is 6. The summed E-state index contributed by atoms with van der Waals surface area (Å²) in [6, 6.07) is 9.20. The van der Waals surface area contributed by atoms with Gasteiger partial charge in [-0.3, -0.25) is 0 Å². The number of benzene rings is 1. The molecule has 4 rings (SSSR count). The minimum atomic E-state index is -0.203. The third-order valence-corrected chi connectivity index (χ3v) is 4.65. The van der Waals surface area contributed by atoms with Gasteiger partial charge in [0.25, 0.3) is 0 Å². The van der Waals surface area contributed by atoms with Crippen molar-refractivity contribution in [2.45, 2.75) is 25.0 Å². The number of aromatic nitrogens is 2. The van der Waals surface area contributed by atoms with Gasteiger partial charge in [-0.05, 0) is 31.0 Å². The second kappa shape index (κ2) is 8.11. The highest BCUT2D eigenvalue weighted by Crippen LogP contribution is 2.30. The number of piperidine rings is 1. The van der Waals surface area contributed by atoms with Crippen LogP contribution in [0, 0.1) is 0 Å². The smallest absolute Gasteiger partial charge is 0.315 e. The maximum Gasteiger partial charge on any atom is 0.315 e. The molecule has 8 nitrogen and oxygen atoms in total. The topological polar surface area (TPSA) is 88.6 Å². The molecule has 2 amide bonds. The second-order valence-corrected chi connectivity index (χ2v) is 6.69. The number of nitrogens with zero attached hydrogens (tertiary/aromatic N) is 3. The van der Waals surface area contributed by atoms with E-state index in [1.54, 1.807) is 18.5 Å². The highest BCUT2D eigenvalue weighted by Gasteiger charge is 2.24. The summed E-state index contributed by atoms with van der Waals surface area (Å²) in [5, 5.41) is 5.91. The van der Waals surface area contributed by atoms with E-state index >= 15 is 0 Å². The van der Waals surface area contributed by atoms with Crippen molar-refractivity contribution in [3.8, 4) is 11.5 Å². The first-order valence-corrected chi connectivity index (χ1v) is 9.23. The van der Waals surface area contributed by atoms with E-state index in [1.165, 1.54) is 0 Å². The Bertz CT molecular complexity index is 773. The van der Waals surface area contributed by atoms with Crippen molar-refractivity contribution in [2.75, 3.05) is 31.1 Å². The predicted molar refractivity (Wildman–Crippen MR) is 100 cm³/mol. The van der Waals surface area contributed by atoms with Crippen LogP contribution >= 0.6 is 0 Å². The van der Waals surface area contributed by atoms with E-state index in [-0.39, 0.29) is 18.2 Å². The first-order chi connectivity index (χ1) is 13.3. The van der Waals surface area contributed by atoms with Crippen molar-refractivity contribution in [3.63, 3.8) is 0 Å². The van der Waals surface area contributed by atoms with Crippen LogP contribution < -0.4 is 25.0 Å². The minimum Gasteiger partial charge on any atom is -0.486 e. The molecule has 0 spiro atoms. The summed E-state index contributed by atoms with van der Waals surface area (Å²) in [4.78, 5) is 23.0. The van der Waals surface area contributed by atoms with Gasteiger partial charge in [0.1, 0.15) is 6.61 Å². The minimum absolute atomic E-state index is 0.0619. The third-order valence-electron chi connectivity index (χ3n) is 4.65. The molecule has 2 aliphatic rings. The van der Waals surface area contributed by atoms with Gasteiger partial charge in [-0.25, -0.2) is 14.8 Å². The zero-order valence-electron chi connectivity index (χ0n) is 15.0. The number of carbonyl (C=O) groups excluding carboxylic acids is 1. The maximum atomic E-state index is 12.3. The van der Waals surface area contributed by atoms with E-state index in [1.807, 2.05) is 24.3 Å². The van der Waals surface area contributed by atoms with Crippen molar-refractivity contribution in [2.24, 2.45) is 0 Å². The lowest BCUT2D eigenvalue weighted by atomic mass is 10.1. The molecule has 0 saturated carbocycles. The number of nitrogens with one attached hydrogen (secondary N) is 2. The molecule has 0 unspecified atom stereocenters. The van der Waals surface area contributed by atoms with E-state index in [9.17, 15) is 4.79 Å². The summed E-state index contributed by atoms with van der Waals surface area (Å²) in [6.45, 7) is 2.41. The van der Waals surface area contributed by atoms with Crippen molar-refractivity contribution in [1.82, 2.24) is 20.6 Å². The number of hydrogen-bond donors (Lipinski definition) is 2. The van der Waals surface area contributed by atoms with Gasteiger partial charge in [0.2, 0.25) is 5.95 Å². The standard InChI is InChI=1S/C19H23N5O3/c25-19(22-11-15-13-26-16-6-1-2-7-17(16)27-15)23-14-5-3-10-24(12-14)18-20-8-4-9-21-18/h1-2,4,6-9,14-15H,3,5,10-13H2,(H2,22,23,25)/t14-,15+/m1/s1. The molecule has 2 aromatic rings. The Morgan fingerprint density at radius 3 is 2.85 bits per heavy atom. The number of carbonyl (C=O) groups is 1. The fourth-order valence-corrected chi connectivity index (χ4v) is 3.34. The number of para-hydroxylation sites is 2. The molecular formula is C19H23N5O3. The molecule has 0 radical (unpaired) electrons. The van der Waals surface area contributed by atoms with Crippen LogP contribution in [0.5, 0.6) is 11.5 Å². The SMILES string of the molecule is O=C(NC[C@H]1COc2ccccc2O1)N[C@@H]1CCCN(c2ncccn2)C1. The summed E-state index contributed by atoms with van der Waals surface area (Å²) in [7, 11) is 0. The van der Waals surface area contributed by atoms with E-state index in [4.69, 9.17) is 9.47 Å². The Balaban J connectivity index is 1.24. The third kappa shape index (κ3) is 4.39. The highest BCUT2D eigenvalue weighted by molar-refractivity contribution is 5.74. The fourth-order valence-electron chi connectivity index (χ4n) is 3.34. The van der Waals surface area contributed by atoms with Gasteiger partial charge in [0, 0.05) is 31.5 Å². The molecule has 1 aromatic heterocycles. The van der Waals surface area contributed by atoms with Crippen LogP contribution in [0.3, 0.4) is 0 Å². The second-order valence-electron chi connectivity index (χ2n) is 6.69. The number of ether oxygens (including phenoxy) is 2. The Hall–Kier alpha value is -3.03. The van der Waals surface area contributed by atoms with Gasteiger partial charge < -0.3 is 25.0 Å². The quantitative estimate of drug-likeness (QED) is 0.851. The lowest BCUT2D eigenvalue weighted by Gasteiger charge is -2.33. The molecule has 1 aromatic carbocycles. The fraction of sp³-hybridized carbons (Fsp3) is 0.421. The van der Waals surface area contributed by atoms with Crippen molar-refractivity contribution in [1.29, 1.82) is 0 Å². The zero-order valence-corrected chi connectivity index (χ0v) is 15.0. The number of fused-ring (bicyclic) bond motifs is 1. The summed E-state index contributed by atoms with van der Waals surface area (Å²) in [6.07, 6.45) is 5.19. The molecule has 27 heavy (non-hydrogen) atoms. The lowest BCUT2D eigenvalue weighted by molar-refractivity contribution is 0.0917. The largest absolute Gasteiger partial charge is 0.486 e. The van der Waals surface area contributed by atoms with Crippen LogP contribution in [-0.2, 0) is 0 Å². The monoisotopic (exact) mass is 369 g/mol. The average Bonchev–Trinajstić information content (AvgIpc) is 2.73. The van der Waals surface area contributed by atoms with Crippen LogP contribution in [0.1, 0.15) is 12.8 Å². The molecule has 2 aliphatic heterocycles. The summed E-state index contributed by atoms with van der Waals surface area (Å²) in [5.74, 6) is 2.15. The molecule has 1 saturated heterocycles. The average molecular weight is 369 g/mol. The zero-order chi connectivity index (χ0) is 18.5. The summed E-state index contributed by atoms with van der Waals surface area (Å²) >= 11 is 0. The van der Waals surface area contributed by atoms with Crippen LogP contribution in [0.4, 0.5) is 10.7 Å². The Morgan fingerprint density at radius 1 is 1.19 bits per heavy atom. The van der Waals surface area contributed by atoms with Gasteiger partial charge in [0.05, 0.1) is 6.54 Å². The lowest BCUT2D eigenvalue weighted by Crippen LogP contribution is -2.52. The molecule has 0 bridgehead atoms. The number of rotatable bonds is 4. The van der Waals surface area contributed by atoms with Crippen LogP contribution in [-0.4, -0.2) is 54.4 Å². The Labute approximate surface area is 157 Å².